The lowest BCUT2D eigenvalue weighted by atomic mass is 10.0. The van der Waals surface area contributed by atoms with Crippen molar-refractivity contribution >= 4 is 23.0 Å². The summed E-state index contributed by atoms with van der Waals surface area (Å²) in [5.41, 5.74) is 2.99. The second kappa shape index (κ2) is 9.19. The van der Waals surface area contributed by atoms with Crippen LogP contribution in [0.5, 0.6) is 0 Å². The Kier molecular flexibility index (Phi) is 6.44. The number of aromatic nitrogens is 1. The average molecular weight is 376 g/mol. The maximum atomic E-state index is 13.2. The third-order valence-corrected chi connectivity index (χ3v) is 4.86. The number of carbonyl (C=O) groups is 1. The summed E-state index contributed by atoms with van der Waals surface area (Å²) >= 11 is 5.63. The molecule has 0 spiro atoms. The average Bonchev–Trinajstić information content (AvgIpc) is 2.74. The van der Waals surface area contributed by atoms with E-state index in [0.717, 1.165) is 12.0 Å². The van der Waals surface area contributed by atoms with Gasteiger partial charge in [-0.15, -0.1) is 0 Å². The molecule has 27 heavy (non-hydrogen) atoms. The number of hydrogen-bond donors (Lipinski definition) is 1. The highest BCUT2D eigenvalue weighted by Gasteiger charge is 2.32. The van der Waals surface area contributed by atoms with E-state index in [1.807, 2.05) is 89.8 Å². The Labute approximate surface area is 165 Å². The van der Waals surface area contributed by atoms with Crippen molar-refractivity contribution in [2.75, 3.05) is 0 Å². The van der Waals surface area contributed by atoms with Crippen LogP contribution < -0.4 is 9.88 Å². The van der Waals surface area contributed by atoms with Gasteiger partial charge in [-0.25, -0.2) is 0 Å². The molecule has 0 aliphatic carbocycles. The molecule has 4 heteroatoms. The zero-order valence-electron chi connectivity index (χ0n) is 15.3. The highest BCUT2D eigenvalue weighted by Crippen LogP contribution is 2.13. The van der Waals surface area contributed by atoms with Crippen LogP contribution in [0.25, 0.3) is 0 Å². The lowest BCUT2D eigenvalue weighted by Gasteiger charge is -2.15. The van der Waals surface area contributed by atoms with E-state index >= 15 is 0 Å². The van der Waals surface area contributed by atoms with Crippen LogP contribution in [0.15, 0.2) is 85.2 Å². The molecule has 0 radical (unpaired) electrons. The number of pyridine rings is 1. The van der Waals surface area contributed by atoms with Gasteiger partial charge in [-0.2, -0.15) is 4.57 Å². The molecule has 0 amide bonds. The smallest absolute Gasteiger partial charge is 0.270 e. The van der Waals surface area contributed by atoms with E-state index in [9.17, 15) is 4.79 Å². The highest BCUT2D eigenvalue weighted by molar-refractivity contribution is 7.80. The molecule has 0 saturated carbocycles. The third kappa shape index (κ3) is 4.86. The summed E-state index contributed by atoms with van der Waals surface area (Å²) in [5, 5.41) is 3.26. The molecular weight excluding hydrogens is 352 g/mol. The Morgan fingerprint density at radius 2 is 1.56 bits per heavy atom. The number of Topliss-reactive ketones (excluding diaryl/α,β-unsaturated/α-hetero) is 1. The largest absolute Gasteiger partial charge is 0.370 e. The topological polar surface area (TPSA) is 33.0 Å². The van der Waals surface area contributed by atoms with Gasteiger partial charge in [-0.1, -0.05) is 79.8 Å². The van der Waals surface area contributed by atoms with Crippen LogP contribution in [-0.2, 0) is 13.0 Å². The minimum Gasteiger partial charge on any atom is -0.370 e. The van der Waals surface area contributed by atoms with Crippen molar-refractivity contribution in [3.63, 3.8) is 0 Å². The first-order valence-corrected chi connectivity index (χ1v) is 9.50. The Hall–Kier alpha value is -2.85. The van der Waals surface area contributed by atoms with Crippen LogP contribution in [0.3, 0.4) is 0 Å². The van der Waals surface area contributed by atoms with E-state index in [1.54, 1.807) is 0 Å². The van der Waals surface area contributed by atoms with Crippen LogP contribution in [0.1, 0.15) is 34.5 Å². The van der Waals surface area contributed by atoms with Crippen molar-refractivity contribution in [3.05, 3.63) is 102 Å². The van der Waals surface area contributed by atoms with Gasteiger partial charge >= 0.3 is 0 Å². The maximum absolute atomic E-state index is 13.2. The monoisotopic (exact) mass is 375 g/mol. The van der Waals surface area contributed by atoms with Crippen molar-refractivity contribution < 1.29 is 9.36 Å². The van der Waals surface area contributed by atoms with Gasteiger partial charge in [0.1, 0.15) is 0 Å². The van der Waals surface area contributed by atoms with Gasteiger partial charge in [0.15, 0.2) is 17.4 Å². The first-order chi connectivity index (χ1) is 13.2. The quantitative estimate of drug-likeness (QED) is 0.384. The molecule has 2 aromatic carbocycles. The van der Waals surface area contributed by atoms with Gasteiger partial charge in [0.2, 0.25) is 5.78 Å². The summed E-state index contributed by atoms with van der Waals surface area (Å²) in [5.74, 6) is -0.0144. The molecule has 0 aliphatic rings. The normalized spacial score (nSPS) is 11.6. The molecule has 1 aromatic heterocycles. The van der Waals surface area contributed by atoms with Gasteiger partial charge in [0.05, 0.1) is 0 Å². The van der Waals surface area contributed by atoms with Crippen LogP contribution in [-0.4, -0.2) is 10.8 Å². The first kappa shape index (κ1) is 18.9. The number of benzene rings is 2. The number of ketones is 1. The van der Waals surface area contributed by atoms with Crippen molar-refractivity contribution in [3.8, 4) is 0 Å². The standard InChI is InChI=1S/C23H22N2OS/c1-2-18-11-13-20(14-12-18)22(26)21(25-15-7-4-8-16-25)23(27)24-17-19-9-5-3-6-10-19/h3-16,21H,2,17H2,1H3/p+1/t21-/m0/s1. The molecule has 3 aromatic rings. The van der Waals surface area contributed by atoms with E-state index in [1.165, 1.54) is 5.56 Å². The summed E-state index contributed by atoms with van der Waals surface area (Å²) in [7, 11) is 0. The minimum absolute atomic E-state index is 0.0144. The minimum atomic E-state index is -0.572. The van der Waals surface area contributed by atoms with Gasteiger partial charge in [-0.05, 0) is 17.5 Å². The summed E-state index contributed by atoms with van der Waals surface area (Å²) in [6.45, 7) is 2.69. The number of aryl methyl sites for hydroxylation is 1. The molecular formula is C23H23N2OS+. The van der Waals surface area contributed by atoms with Crippen LogP contribution in [0.4, 0.5) is 0 Å². The molecule has 1 heterocycles. The van der Waals surface area contributed by atoms with Crippen LogP contribution in [0, 0.1) is 0 Å². The fourth-order valence-electron chi connectivity index (χ4n) is 2.92. The third-order valence-electron chi connectivity index (χ3n) is 4.49. The fourth-order valence-corrected chi connectivity index (χ4v) is 3.22. The van der Waals surface area contributed by atoms with Crippen LogP contribution in [0.2, 0.25) is 0 Å². The summed E-state index contributed by atoms with van der Waals surface area (Å²) < 4.78 is 1.86. The Morgan fingerprint density at radius 1 is 0.926 bits per heavy atom. The second-order valence-electron chi connectivity index (χ2n) is 6.34. The van der Waals surface area contributed by atoms with Crippen molar-refractivity contribution in [2.24, 2.45) is 0 Å². The second-order valence-corrected chi connectivity index (χ2v) is 6.78. The lowest BCUT2D eigenvalue weighted by molar-refractivity contribution is -0.692. The molecule has 1 atom stereocenters. The summed E-state index contributed by atoms with van der Waals surface area (Å²) in [6.07, 6.45) is 4.70. The van der Waals surface area contributed by atoms with Crippen molar-refractivity contribution in [1.29, 1.82) is 0 Å². The van der Waals surface area contributed by atoms with Gasteiger partial charge in [0.25, 0.3) is 6.04 Å². The Bertz CT molecular complexity index is 893. The Morgan fingerprint density at radius 3 is 2.19 bits per heavy atom. The van der Waals surface area contributed by atoms with Gasteiger partial charge in [0, 0.05) is 24.2 Å². The maximum Gasteiger partial charge on any atom is 0.270 e. The van der Waals surface area contributed by atoms with E-state index in [0.29, 0.717) is 17.1 Å². The zero-order valence-corrected chi connectivity index (χ0v) is 16.2. The molecule has 3 nitrogen and oxygen atoms in total. The number of nitrogens with one attached hydrogen (secondary N) is 1. The molecule has 0 unspecified atom stereocenters. The van der Waals surface area contributed by atoms with E-state index in [-0.39, 0.29) is 5.78 Å². The van der Waals surface area contributed by atoms with Crippen molar-refractivity contribution in [1.82, 2.24) is 5.32 Å². The van der Waals surface area contributed by atoms with E-state index < -0.39 is 6.04 Å². The fraction of sp³-hybridized carbons (Fsp3) is 0.174. The molecule has 0 saturated heterocycles. The molecule has 136 valence electrons. The number of carbonyl (C=O) groups excluding carboxylic acids is 1. The van der Waals surface area contributed by atoms with Gasteiger partial charge < -0.3 is 5.32 Å². The van der Waals surface area contributed by atoms with E-state index in [2.05, 4.69) is 12.2 Å². The predicted octanol–water partition coefficient (Wildman–Crippen LogP) is 4.08. The van der Waals surface area contributed by atoms with Crippen molar-refractivity contribution in [2.45, 2.75) is 25.9 Å². The van der Waals surface area contributed by atoms with E-state index in [4.69, 9.17) is 12.2 Å². The number of rotatable bonds is 7. The Balaban J connectivity index is 1.84. The highest BCUT2D eigenvalue weighted by atomic mass is 32.1. The number of thiocarbonyl (C=S) groups is 1. The lowest BCUT2D eigenvalue weighted by Crippen LogP contribution is -2.51. The van der Waals surface area contributed by atoms with Crippen LogP contribution >= 0.6 is 12.2 Å². The SMILES string of the molecule is CCc1ccc(C(=O)[C@@H](C(=S)NCc2ccccc2)[n+]2ccccc2)cc1. The van der Waals surface area contributed by atoms with Gasteiger partial charge in [-0.3, -0.25) is 4.79 Å². The number of nitrogens with zero attached hydrogens (tertiary/aromatic N) is 1. The first-order valence-electron chi connectivity index (χ1n) is 9.09. The molecule has 0 bridgehead atoms. The summed E-state index contributed by atoms with van der Waals surface area (Å²) in [6, 6.07) is 23.0. The summed E-state index contributed by atoms with van der Waals surface area (Å²) in [4.78, 5) is 13.8. The molecule has 0 fully saturated rings. The molecule has 0 aliphatic heterocycles. The molecule has 1 N–H and O–H groups in total. The predicted molar refractivity (Wildman–Crippen MR) is 112 cm³/mol. The molecule has 3 rings (SSSR count). The zero-order chi connectivity index (χ0) is 19.1. The number of hydrogen-bond acceptors (Lipinski definition) is 2.